The number of rotatable bonds is 12. The number of nitrogens with zero attached hydrogens (tertiary/aromatic N) is 1. The summed E-state index contributed by atoms with van der Waals surface area (Å²) in [6, 6.07) is 13.5. The summed E-state index contributed by atoms with van der Waals surface area (Å²) >= 11 is 0. The van der Waals surface area contributed by atoms with Crippen molar-refractivity contribution in [1.29, 1.82) is 0 Å². The molecule has 0 aromatic heterocycles. The Morgan fingerprint density at radius 3 is 2.45 bits per heavy atom. The number of nitrogens with two attached hydrogens (primary N) is 1. The Morgan fingerprint density at radius 2 is 1.83 bits per heavy atom. The topological polar surface area (TPSA) is 151 Å². The normalized spacial score (nSPS) is 21.4. The van der Waals surface area contributed by atoms with Gasteiger partial charge < -0.3 is 26.2 Å². The number of hydrogen-bond donors (Lipinski definition) is 4. The summed E-state index contributed by atoms with van der Waals surface area (Å²) in [6.45, 7) is 9.54. The van der Waals surface area contributed by atoms with E-state index in [-0.39, 0.29) is 36.4 Å². The number of hydrogen-bond acceptors (Lipinski definition) is 7. The summed E-state index contributed by atoms with van der Waals surface area (Å²) in [5.74, 6) is -0.507. The fourth-order valence-corrected chi connectivity index (χ4v) is 7.33. The lowest BCUT2D eigenvalue weighted by Crippen LogP contribution is -2.60. The average Bonchev–Trinajstić information content (AvgIpc) is 3.46. The number of fused-ring (bicyclic) bond motifs is 1. The van der Waals surface area contributed by atoms with E-state index in [4.69, 9.17) is 10.5 Å². The van der Waals surface area contributed by atoms with Gasteiger partial charge in [-0.25, -0.2) is 8.42 Å². The molecule has 4 atom stereocenters. The Hall–Kier alpha value is -2.99. The highest BCUT2D eigenvalue weighted by atomic mass is 32.2. The molecule has 1 heterocycles. The second-order valence-electron chi connectivity index (χ2n) is 12.9. The first-order valence-electron chi connectivity index (χ1n) is 14.5. The molecule has 2 aromatic rings. The molecule has 1 saturated carbocycles. The maximum absolute atomic E-state index is 13.9. The average molecular weight is 601 g/mol. The second-order valence-corrected chi connectivity index (χ2v) is 14.8. The van der Waals surface area contributed by atoms with Gasteiger partial charge in [0.2, 0.25) is 21.8 Å². The van der Waals surface area contributed by atoms with Crippen LogP contribution in [0, 0.1) is 11.3 Å². The molecule has 0 saturated heterocycles. The standard InChI is InChI=1S/C31H44N4O6S/c1-20(2)18-35(42(39,40)23-11-12-25-22(15-23)13-14-41-25)19-26(36)31(16-24(31)21-9-7-6-8-10-21)34-29(38)28(30(3,4)5)33-27(37)17-32/h6-12,15,20,24,26,28,36H,13-14,16-19,32H2,1-5H3,(H,33,37)(H,34,38)/t24-,26+,28+,31?/m0/s1. The van der Waals surface area contributed by atoms with E-state index in [0.717, 1.165) is 11.1 Å². The molecule has 5 N–H and O–H groups in total. The summed E-state index contributed by atoms with van der Waals surface area (Å²) < 4.78 is 34.8. The second kappa shape index (κ2) is 12.3. The zero-order valence-corrected chi connectivity index (χ0v) is 25.9. The molecular formula is C31H44N4O6S. The van der Waals surface area contributed by atoms with E-state index >= 15 is 0 Å². The monoisotopic (exact) mass is 600 g/mol. The number of amides is 2. The quantitative estimate of drug-likeness (QED) is 0.292. The fraction of sp³-hybridized carbons (Fsp3) is 0.548. The number of ether oxygens (including phenoxy) is 1. The largest absolute Gasteiger partial charge is 0.493 e. The van der Waals surface area contributed by atoms with Crippen molar-refractivity contribution in [3.8, 4) is 5.75 Å². The number of nitrogens with one attached hydrogen (secondary N) is 2. The van der Waals surface area contributed by atoms with Gasteiger partial charge in [0.1, 0.15) is 11.8 Å². The molecule has 4 rings (SSSR count). The van der Waals surface area contributed by atoms with Crippen LogP contribution >= 0.6 is 0 Å². The SMILES string of the molecule is CC(C)CN(C[C@@H](O)C1(NC(=O)[C@@H](NC(=O)CN)C(C)(C)C)C[C@H]1c1ccccc1)S(=O)(=O)c1ccc2c(c1)CCO2. The molecule has 1 aliphatic carbocycles. The van der Waals surface area contributed by atoms with Gasteiger partial charge in [0.15, 0.2) is 0 Å². The first-order valence-corrected chi connectivity index (χ1v) is 15.9. The molecule has 11 heteroatoms. The molecule has 0 bridgehead atoms. The van der Waals surface area contributed by atoms with Crippen LogP contribution in [-0.2, 0) is 26.0 Å². The molecule has 230 valence electrons. The molecule has 42 heavy (non-hydrogen) atoms. The summed E-state index contributed by atoms with van der Waals surface area (Å²) in [4.78, 5) is 26.1. The maximum atomic E-state index is 13.9. The van der Waals surface area contributed by atoms with Crippen LogP contribution in [0.25, 0.3) is 0 Å². The summed E-state index contributed by atoms with van der Waals surface area (Å²) in [6.07, 6.45) is -0.185. The van der Waals surface area contributed by atoms with Crippen molar-refractivity contribution in [3.05, 3.63) is 59.7 Å². The van der Waals surface area contributed by atoms with Crippen molar-refractivity contribution >= 4 is 21.8 Å². The molecule has 1 aliphatic heterocycles. The van der Waals surface area contributed by atoms with Crippen LogP contribution < -0.4 is 21.1 Å². The minimum Gasteiger partial charge on any atom is -0.493 e. The molecule has 1 fully saturated rings. The van der Waals surface area contributed by atoms with Crippen LogP contribution in [-0.4, -0.2) is 73.6 Å². The van der Waals surface area contributed by atoms with Crippen LogP contribution in [0.15, 0.2) is 53.4 Å². The molecule has 1 unspecified atom stereocenters. The smallest absolute Gasteiger partial charge is 0.243 e. The molecule has 10 nitrogen and oxygen atoms in total. The number of carbonyl (C=O) groups is 2. The van der Waals surface area contributed by atoms with E-state index in [2.05, 4.69) is 10.6 Å². The van der Waals surface area contributed by atoms with Crippen molar-refractivity contribution in [2.24, 2.45) is 17.1 Å². The van der Waals surface area contributed by atoms with Gasteiger partial charge in [-0.1, -0.05) is 65.0 Å². The van der Waals surface area contributed by atoms with Crippen molar-refractivity contribution in [2.45, 2.75) is 76.0 Å². The first-order chi connectivity index (χ1) is 19.7. The van der Waals surface area contributed by atoms with Gasteiger partial charge >= 0.3 is 0 Å². The third-order valence-corrected chi connectivity index (χ3v) is 9.85. The summed E-state index contributed by atoms with van der Waals surface area (Å²) in [5, 5.41) is 17.6. The Bertz CT molecular complexity index is 1390. The molecule has 2 amide bonds. The van der Waals surface area contributed by atoms with Crippen LogP contribution in [0.3, 0.4) is 0 Å². The minimum atomic E-state index is -3.98. The van der Waals surface area contributed by atoms with Crippen LogP contribution in [0.5, 0.6) is 5.75 Å². The Morgan fingerprint density at radius 1 is 1.14 bits per heavy atom. The number of aliphatic hydroxyl groups excluding tert-OH is 1. The van der Waals surface area contributed by atoms with E-state index in [1.807, 2.05) is 65.0 Å². The fourth-order valence-electron chi connectivity index (χ4n) is 5.67. The molecular weight excluding hydrogens is 556 g/mol. The van der Waals surface area contributed by atoms with Crippen LogP contribution in [0.1, 0.15) is 58.1 Å². The van der Waals surface area contributed by atoms with E-state index in [1.54, 1.807) is 12.1 Å². The van der Waals surface area contributed by atoms with Gasteiger partial charge in [0.05, 0.1) is 29.7 Å². The maximum Gasteiger partial charge on any atom is 0.243 e. The van der Waals surface area contributed by atoms with Gasteiger partial charge in [-0.15, -0.1) is 0 Å². The Labute approximate surface area is 249 Å². The van der Waals surface area contributed by atoms with Gasteiger partial charge in [0.25, 0.3) is 0 Å². The number of sulfonamides is 1. The number of carbonyl (C=O) groups excluding carboxylic acids is 2. The van der Waals surface area contributed by atoms with Crippen molar-refractivity contribution in [2.75, 3.05) is 26.2 Å². The van der Waals surface area contributed by atoms with Gasteiger partial charge in [-0.2, -0.15) is 4.31 Å². The van der Waals surface area contributed by atoms with Gasteiger partial charge in [0, 0.05) is 25.4 Å². The molecule has 0 spiro atoms. The zero-order chi connectivity index (χ0) is 30.9. The first kappa shape index (κ1) is 31.9. The predicted molar refractivity (Wildman–Crippen MR) is 160 cm³/mol. The van der Waals surface area contributed by atoms with E-state index in [9.17, 15) is 23.1 Å². The van der Waals surface area contributed by atoms with Crippen LogP contribution in [0.2, 0.25) is 0 Å². The van der Waals surface area contributed by atoms with Crippen molar-refractivity contribution in [3.63, 3.8) is 0 Å². The molecule has 2 aromatic carbocycles. The number of aliphatic hydroxyl groups is 1. The lowest BCUT2D eigenvalue weighted by molar-refractivity contribution is -0.132. The van der Waals surface area contributed by atoms with E-state index < -0.39 is 44.9 Å². The summed E-state index contributed by atoms with van der Waals surface area (Å²) in [7, 11) is -3.98. The summed E-state index contributed by atoms with van der Waals surface area (Å²) in [5.41, 5.74) is 5.49. The highest BCUT2D eigenvalue weighted by Gasteiger charge is 2.61. The number of benzene rings is 2. The third kappa shape index (κ3) is 6.80. The van der Waals surface area contributed by atoms with Crippen molar-refractivity contribution in [1.82, 2.24) is 14.9 Å². The minimum absolute atomic E-state index is 0.0175. The van der Waals surface area contributed by atoms with Gasteiger partial charge in [-0.3, -0.25) is 9.59 Å². The lowest BCUT2D eigenvalue weighted by atomic mass is 9.85. The lowest BCUT2D eigenvalue weighted by Gasteiger charge is -2.35. The predicted octanol–water partition coefficient (Wildman–Crippen LogP) is 2.16. The van der Waals surface area contributed by atoms with Gasteiger partial charge in [-0.05, 0) is 47.1 Å². The Kier molecular flexibility index (Phi) is 9.37. The molecule has 2 aliphatic rings. The molecule has 0 radical (unpaired) electrons. The van der Waals surface area contributed by atoms with E-state index in [0.29, 0.717) is 25.2 Å². The highest BCUT2D eigenvalue weighted by molar-refractivity contribution is 7.89. The highest BCUT2D eigenvalue weighted by Crippen LogP contribution is 2.54. The van der Waals surface area contributed by atoms with Crippen molar-refractivity contribution < 1.29 is 27.9 Å². The van der Waals surface area contributed by atoms with E-state index in [1.165, 1.54) is 10.4 Å². The Balaban J connectivity index is 1.66. The van der Waals surface area contributed by atoms with Crippen LogP contribution in [0.4, 0.5) is 0 Å². The zero-order valence-electron chi connectivity index (χ0n) is 25.1. The third-order valence-electron chi connectivity index (χ3n) is 8.02.